The molecule has 2 aliphatic heterocycles. The third-order valence-corrected chi connectivity index (χ3v) is 8.53. The van der Waals surface area contributed by atoms with Crippen molar-refractivity contribution in [2.24, 2.45) is 5.92 Å². The van der Waals surface area contributed by atoms with Crippen LogP contribution >= 0.6 is 0 Å². The van der Waals surface area contributed by atoms with Crippen LogP contribution in [-0.4, -0.2) is 68.4 Å². The van der Waals surface area contributed by atoms with Crippen LogP contribution in [0.4, 0.5) is 11.4 Å². The molecule has 2 fully saturated rings. The topological polar surface area (TPSA) is 87.0 Å². The van der Waals surface area contributed by atoms with Crippen molar-refractivity contribution in [2.45, 2.75) is 31.1 Å². The number of sulfonamides is 1. The number of benzene rings is 2. The number of nitro groups is 1. The molecule has 8 nitrogen and oxygen atoms in total. The van der Waals surface area contributed by atoms with Crippen LogP contribution in [-0.2, 0) is 16.4 Å². The van der Waals surface area contributed by atoms with Gasteiger partial charge in [0.25, 0.3) is 5.69 Å². The Morgan fingerprint density at radius 3 is 2.42 bits per heavy atom. The highest BCUT2D eigenvalue weighted by atomic mass is 32.2. The average molecular weight is 473 g/mol. The van der Waals surface area contributed by atoms with Crippen LogP contribution in [0.15, 0.2) is 53.4 Å². The van der Waals surface area contributed by atoms with E-state index in [0.717, 1.165) is 38.9 Å². The van der Waals surface area contributed by atoms with Gasteiger partial charge in [-0.2, -0.15) is 4.31 Å². The molecular formula is C24H32N4O4S. The molecule has 0 aliphatic carbocycles. The van der Waals surface area contributed by atoms with E-state index >= 15 is 0 Å². The molecule has 0 amide bonds. The first-order chi connectivity index (χ1) is 15.8. The van der Waals surface area contributed by atoms with E-state index in [-0.39, 0.29) is 10.6 Å². The van der Waals surface area contributed by atoms with Crippen molar-refractivity contribution in [1.82, 2.24) is 9.21 Å². The van der Waals surface area contributed by atoms with Crippen LogP contribution in [0.1, 0.15) is 25.3 Å². The van der Waals surface area contributed by atoms with Gasteiger partial charge in [-0.05, 0) is 42.9 Å². The zero-order valence-electron chi connectivity index (χ0n) is 19.1. The minimum Gasteiger partial charge on any atom is -0.363 e. The molecule has 0 bridgehead atoms. The Morgan fingerprint density at radius 2 is 1.76 bits per heavy atom. The Hall–Kier alpha value is -2.49. The van der Waals surface area contributed by atoms with E-state index < -0.39 is 14.9 Å². The largest absolute Gasteiger partial charge is 0.363 e. The summed E-state index contributed by atoms with van der Waals surface area (Å²) in [6, 6.07) is 14.7. The Balaban J connectivity index is 1.44. The molecule has 9 heteroatoms. The van der Waals surface area contributed by atoms with Gasteiger partial charge in [0.1, 0.15) is 5.69 Å². The van der Waals surface area contributed by atoms with Gasteiger partial charge in [0.15, 0.2) is 0 Å². The molecule has 33 heavy (non-hydrogen) atoms. The highest BCUT2D eigenvalue weighted by Crippen LogP contribution is 2.33. The predicted molar refractivity (Wildman–Crippen MR) is 129 cm³/mol. The van der Waals surface area contributed by atoms with Crippen molar-refractivity contribution >= 4 is 21.4 Å². The molecule has 4 rings (SSSR count). The van der Waals surface area contributed by atoms with Gasteiger partial charge >= 0.3 is 0 Å². The number of nitro benzene ring substituents is 1. The van der Waals surface area contributed by atoms with Crippen LogP contribution in [0, 0.1) is 16.0 Å². The normalized spacial score (nSPS) is 20.6. The highest BCUT2D eigenvalue weighted by molar-refractivity contribution is 7.89. The quantitative estimate of drug-likeness (QED) is 0.454. The summed E-state index contributed by atoms with van der Waals surface area (Å²) in [5.74, 6) is 0.293. The van der Waals surface area contributed by atoms with E-state index in [1.165, 1.54) is 22.0 Å². The van der Waals surface area contributed by atoms with E-state index in [1.54, 1.807) is 6.07 Å². The fourth-order valence-electron chi connectivity index (χ4n) is 4.74. The fraction of sp³-hybridized carbons (Fsp3) is 0.500. The summed E-state index contributed by atoms with van der Waals surface area (Å²) < 4.78 is 27.7. The second kappa shape index (κ2) is 10.2. The molecule has 0 spiro atoms. The van der Waals surface area contributed by atoms with Crippen LogP contribution < -0.4 is 4.90 Å². The first kappa shape index (κ1) is 23.7. The van der Waals surface area contributed by atoms with Crippen molar-refractivity contribution < 1.29 is 13.3 Å². The maximum atomic E-state index is 13.1. The summed E-state index contributed by atoms with van der Waals surface area (Å²) in [7, 11) is -3.74. The number of anilines is 1. The lowest BCUT2D eigenvalue weighted by Gasteiger charge is -2.36. The standard InChI is InChI=1S/C24H32N4O4S/c1-20-6-5-12-27(19-20)33(31,32)22-9-10-23(24(18-22)28(29)30)26-16-14-25(15-17-26)13-11-21-7-3-2-4-8-21/h2-4,7-10,18,20H,5-6,11-17,19H2,1H3. The molecule has 0 aromatic heterocycles. The van der Waals surface area contributed by atoms with Crippen molar-refractivity contribution in [2.75, 3.05) is 50.7 Å². The Bertz CT molecular complexity index is 1070. The summed E-state index contributed by atoms with van der Waals surface area (Å²) >= 11 is 0. The van der Waals surface area contributed by atoms with Gasteiger partial charge < -0.3 is 4.90 Å². The molecule has 0 radical (unpaired) electrons. The monoisotopic (exact) mass is 472 g/mol. The fourth-order valence-corrected chi connectivity index (χ4v) is 6.35. The second-order valence-corrected chi connectivity index (χ2v) is 11.0. The van der Waals surface area contributed by atoms with Gasteiger partial charge in [0, 0.05) is 51.9 Å². The van der Waals surface area contributed by atoms with E-state index in [4.69, 9.17) is 0 Å². The Morgan fingerprint density at radius 1 is 1.03 bits per heavy atom. The average Bonchev–Trinajstić information content (AvgIpc) is 2.83. The summed E-state index contributed by atoms with van der Waals surface area (Å²) in [5, 5.41) is 11.9. The molecule has 2 aromatic carbocycles. The summed E-state index contributed by atoms with van der Waals surface area (Å²) in [6.07, 6.45) is 2.79. The number of piperazine rings is 1. The molecule has 2 aromatic rings. The molecule has 2 aliphatic rings. The van der Waals surface area contributed by atoms with Gasteiger partial charge in [-0.25, -0.2) is 8.42 Å². The molecule has 2 saturated heterocycles. The Kier molecular flexibility index (Phi) is 7.31. The van der Waals surface area contributed by atoms with E-state index in [1.807, 2.05) is 30.0 Å². The minimum atomic E-state index is -3.74. The van der Waals surface area contributed by atoms with Gasteiger partial charge in [-0.15, -0.1) is 0 Å². The molecule has 1 unspecified atom stereocenters. The van der Waals surface area contributed by atoms with Crippen LogP contribution in [0.5, 0.6) is 0 Å². The minimum absolute atomic E-state index is 0.00791. The number of piperidine rings is 1. The van der Waals surface area contributed by atoms with Gasteiger partial charge in [0.05, 0.1) is 9.82 Å². The molecule has 2 heterocycles. The van der Waals surface area contributed by atoms with E-state index in [0.29, 0.717) is 37.8 Å². The molecule has 0 saturated carbocycles. The van der Waals surface area contributed by atoms with Crippen LogP contribution in [0.25, 0.3) is 0 Å². The third kappa shape index (κ3) is 5.54. The van der Waals surface area contributed by atoms with Crippen LogP contribution in [0.2, 0.25) is 0 Å². The lowest BCUT2D eigenvalue weighted by molar-refractivity contribution is -0.384. The first-order valence-electron chi connectivity index (χ1n) is 11.6. The molecule has 1 atom stereocenters. The van der Waals surface area contributed by atoms with Crippen molar-refractivity contribution in [1.29, 1.82) is 0 Å². The SMILES string of the molecule is CC1CCCN(S(=O)(=O)c2ccc(N3CCN(CCc4ccccc4)CC3)c([N+](=O)[O-])c2)C1. The van der Waals surface area contributed by atoms with Crippen molar-refractivity contribution in [3.05, 3.63) is 64.2 Å². The highest BCUT2D eigenvalue weighted by Gasteiger charge is 2.32. The lowest BCUT2D eigenvalue weighted by atomic mass is 10.0. The molecule has 0 N–H and O–H groups in total. The zero-order chi connectivity index (χ0) is 23.4. The third-order valence-electron chi connectivity index (χ3n) is 6.67. The summed E-state index contributed by atoms with van der Waals surface area (Å²) in [4.78, 5) is 15.8. The van der Waals surface area contributed by atoms with Gasteiger partial charge in [-0.1, -0.05) is 37.3 Å². The van der Waals surface area contributed by atoms with Crippen molar-refractivity contribution in [3.8, 4) is 0 Å². The predicted octanol–water partition coefficient (Wildman–Crippen LogP) is 3.38. The number of nitrogens with zero attached hydrogens (tertiary/aromatic N) is 4. The van der Waals surface area contributed by atoms with E-state index in [2.05, 4.69) is 17.0 Å². The van der Waals surface area contributed by atoms with E-state index in [9.17, 15) is 18.5 Å². The molecule has 178 valence electrons. The molecular weight excluding hydrogens is 440 g/mol. The number of hydrogen-bond donors (Lipinski definition) is 0. The van der Waals surface area contributed by atoms with Gasteiger partial charge in [0.2, 0.25) is 10.0 Å². The second-order valence-electron chi connectivity index (χ2n) is 9.08. The lowest BCUT2D eigenvalue weighted by Crippen LogP contribution is -2.47. The van der Waals surface area contributed by atoms with Crippen LogP contribution in [0.3, 0.4) is 0 Å². The smallest absolute Gasteiger partial charge is 0.293 e. The van der Waals surface area contributed by atoms with Crippen molar-refractivity contribution in [3.63, 3.8) is 0 Å². The number of rotatable bonds is 7. The summed E-state index contributed by atoms with van der Waals surface area (Å²) in [6.45, 7) is 6.89. The maximum absolute atomic E-state index is 13.1. The summed E-state index contributed by atoms with van der Waals surface area (Å²) in [5.41, 5.74) is 1.66. The number of hydrogen-bond acceptors (Lipinski definition) is 6. The first-order valence-corrected chi connectivity index (χ1v) is 13.1. The van der Waals surface area contributed by atoms with Gasteiger partial charge in [-0.3, -0.25) is 15.0 Å². The zero-order valence-corrected chi connectivity index (χ0v) is 19.9. The Labute approximate surface area is 196 Å². The maximum Gasteiger partial charge on any atom is 0.293 e.